The number of carbonyl (C=O) groups is 3. The highest BCUT2D eigenvalue weighted by atomic mass is 19.1. The maximum atomic E-state index is 15.8. The number of rotatable bonds is 6. The summed E-state index contributed by atoms with van der Waals surface area (Å²) in [5.74, 6) is -1.89. The van der Waals surface area contributed by atoms with Gasteiger partial charge in [0.2, 0.25) is 0 Å². The van der Waals surface area contributed by atoms with Gasteiger partial charge in [-0.15, -0.1) is 0 Å². The lowest BCUT2D eigenvalue weighted by Gasteiger charge is -2.60. The largest absolute Gasteiger partial charge is 0.466 e. The number of ketones is 1. The van der Waals surface area contributed by atoms with Gasteiger partial charge in [-0.1, -0.05) is 12.8 Å². The molecule has 8 atom stereocenters. The SMILES string of the molecule is CCOC(=O)CCNC(=O)C1=CN2C3CCCCC3OC3C(N4CCC(N)C4)C(F)CC(C1=O)C32. The number of fused-ring (bicyclic) bond motifs is 2. The van der Waals surface area contributed by atoms with E-state index in [-0.39, 0.29) is 61.6 Å². The highest BCUT2D eigenvalue weighted by Gasteiger charge is 2.59. The quantitative estimate of drug-likeness (QED) is 0.411. The Balaban J connectivity index is 1.41. The molecule has 0 spiro atoms. The van der Waals surface area contributed by atoms with E-state index in [1.54, 1.807) is 13.1 Å². The second-order valence-corrected chi connectivity index (χ2v) is 10.5. The predicted octanol–water partition coefficient (Wildman–Crippen LogP) is 0.663. The molecule has 35 heavy (non-hydrogen) atoms. The summed E-state index contributed by atoms with van der Waals surface area (Å²) in [7, 11) is 0. The van der Waals surface area contributed by atoms with Crippen LogP contribution in [-0.2, 0) is 23.9 Å². The van der Waals surface area contributed by atoms with Gasteiger partial charge < -0.3 is 25.4 Å². The van der Waals surface area contributed by atoms with E-state index in [1.165, 1.54) is 0 Å². The fourth-order valence-corrected chi connectivity index (χ4v) is 6.85. The summed E-state index contributed by atoms with van der Waals surface area (Å²) in [6.45, 7) is 3.44. The molecule has 3 N–H and O–H groups in total. The van der Waals surface area contributed by atoms with E-state index >= 15 is 4.39 Å². The summed E-state index contributed by atoms with van der Waals surface area (Å²) in [4.78, 5) is 42.4. The molecule has 2 aliphatic carbocycles. The Morgan fingerprint density at radius 1 is 1.26 bits per heavy atom. The standard InChI is InChI=1S/C25H37FN4O5/c1-2-34-20(31)7-9-28-25(33)16-13-30-18-5-3-4-6-19(18)35-24-21(30)15(23(16)32)11-17(26)22(24)29-10-8-14(27)12-29/h13-15,17-19,21-22,24H,2-12,27H2,1H3,(H,28,33). The van der Waals surface area contributed by atoms with Crippen LogP contribution in [0.4, 0.5) is 4.39 Å². The molecule has 9 nitrogen and oxygen atoms in total. The number of nitrogens with one attached hydrogen (secondary N) is 1. The number of amides is 1. The second-order valence-electron chi connectivity index (χ2n) is 10.5. The van der Waals surface area contributed by atoms with Crippen molar-refractivity contribution < 1.29 is 28.2 Å². The summed E-state index contributed by atoms with van der Waals surface area (Å²) >= 11 is 0. The third-order valence-corrected chi connectivity index (χ3v) is 8.38. The lowest BCUT2D eigenvalue weighted by molar-refractivity contribution is -0.209. The van der Waals surface area contributed by atoms with E-state index in [1.807, 2.05) is 0 Å². The molecule has 4 fully saturated rings. The Morgan fingerprint density at radius 3 is 2.80 bits per heavy atom. The van der Waals surface area contributed by atoms with Gasteiger partial charge in [0, 0.05) is 37.8 Å². The molecule has 0 bridgehead atoms. The van der Waals surface area contributed by atoms with Crippen molar-refractivity contribution in [2.75, 3.05) is 26.2 Å². The Morgan fingerprint density at radius 2 is 2.06 bits per heavy atom. The maximum absolute atomic E-state index is 15.8. The van der Waals surface area contributed by atoms with Gasteiger partial charge in [0.05, 0.1) is 48.9 Å². The van der Waals surface area contributed by atoms with Crippen molar-refractivity contribution in [3.8, 4) is 0 Å². The van der Waals surface area contributed by atoms with E-state index in [9.17, 15) is 14.4 Å². The average molecular weight is 493 g/mol. The van der Waals surface area contributed by atoms with Gasteiger partial charge in [0.25, 0.3) is 5.91 Å². The van der Waals surface area contributed by atoms with Crippen LogP contribution in [0.25, 0.3) is 0 Å². The van der Waals surface area contributed by atoms with Crippen molar-refractivity contribution in [1.82, 2.24) is 15.1 Å². The average Bonchev–Trinajstić information content (AvgIpc) is 3.26. The first-order chi connectivity index (χ1) is 16.9. The molecule has 0 aromatic rings. The third-order valence-electron chi connectivity index (χ3n) is 8.38. The van der Waals surface area contributed by atoms with Crippen LogP contribution in [0.15, 0.2) is 11.8 Å². The first-order valence-electron chi connectivity index (χ1n) is 13.2. The Hall–Kier alpha value is -2.04. The van der Waals surface area contributed by atoms with Crippen LogP contribution >= 0.6 is 0 Å². The van der Waals surface area contributed by atoms with E-state index in [4.69, 9.17) is 15.2 Å². The summed E-state index contributed by atoms with van der Waals surface area (Å²) in [5, 5.41) is 2.68. The molecule has 0 aromatic carbocycles. The summed E-state index contributed by atoms with van der Waals surface area (Å²) in [5.41, 5.74) is 6.19. The van der Waals surface area contributed by atoms with Crippen LogP contribution in [0.5, 0.6) is 0 Å². The molecule has 194 valence electrons. The summed E-state index contributed by atoms with van der Waals surface area (Å²) < 4.78 is 27.3. The summed E-state index contributed by atoms with van der Waals surface area (Å²) in [6.07, 6.45) is 4.83. The van der Waals surface area contributed by atoms with Crippen molar-refractivity contribution in [2.24, 2.45) is 11.7 Å². The molecule has 3 aliphatic heterocycles. The topological polar surface area (TPSA) is 114 Å². The maximum Gasteiger partial charge on any atom is 0.307 e. The molecule has 0 aromatic heterocycles. The molecule has 10 heteroatoms. The number of hydrogen-bond acceptors (Lipinski definition) is 8. The molecule has 1 amide bonds. The van der Waals surface area contributed by atoms with Crippen LogP contribution in [0.3, 0.4) is 0 Å². The van der Waals surface area contributed by atoms with Crippen LogP contribution in [-0.4, -0.2) is 96.2 Å². The van der Waals surface area contributed by atoms with Crippen LogP contribution in [0, 0.1) is 5.92 Å². The zero-order valence-corrected chi connectivity index (χ0v) is 20.4. The second kappa shape index (κ2) is 10.1. The molecule has 8 unspecified atom stereocenters. The third kappa shape index (κ3) is 4.60. The first-order valence-corrected chi connectivity index (χ1v) is 13.2. The molecule has 5 rings (SSSR count). The number of nitrogens with two attached hydrogens (primary N) is 1. The van der Waals surface area contributed by atoms with Gasteiger partial charge in [-0.3, -0.25) is 19.3 Å². The molecular formula is C25H37FN4O5. The van der Waals surface area contributed by atoms with Gasteiger partial charge in [0.15, 0.2) is 5.78 Å². The first kappa shape index (κ1) is 24.6. The molecule has 0 radical (unpaired) electrons. The minimum atomic E-state index is -1.23. The smallest absolute Gasteiger partial charge is 0.307 e. The van der Waals surface area contributed by atoms with Crippen LogP contribution < -0.4 is 11.1 Å². The van der Waals surface area contributed by atoms with E-state index < -0.39 is 36.1 Å². The molecular weight excluding hydrogens is 455 g/mol. The normalized spacial score (nSPS) is 38.9. The minimum absolute atomic E-state index is 0.0276. The number of Topliss-reactive ketones (excluding diaryl/α,β-unsaturated/α-hetero) is 1. The van der Waals surface area contributed by atoms with Gasteiger partial charge in [-0.2, -0.15) is 0 Å². The van der Waals surface area contributed by atoms with E-state index in [0.717, 1.165) is 38.6 Å². The zero-order chi connectivity index (χ0) is 24.7. The molecule has 2 saturated carbocycles. The number of ether oxygens (including phenoxy) is 2. The fourth-order valence-electron chi connectivity index (χ4n) is 6.85. The highest BCUT2D eigenvalue weighted by molar-refractivity contribution is 6.20. The van der Waals surface area contributed by atoms with Gasteiger partial charge >= 0.3 is 5.97 Å². The van der Waals surface area contributed by atoms with Crippen molar-refractivity contribution >= 4 is 17.7 Å². The van der Waals surface area contributed by atoms with Gasteiger partial charge in [-0.05, 0) is 32.6 Å². The number of nitrogens with zero attached hydrogens (tertiary/aromatic N) is 2. The van der Waals surface area contributed by atoms with Crippen molar-refractivity contribution in [3.63, 3.8) is 0 Å². The number of alkyl halides is 1. The number of carbonyl (C=O) groups excluding carboxylic acids is 3. The van der Waals surface area contributed by atoms with Crippen molar-refractivity contribution in [2.45, 2.75) is 94.4 Å². The Bertz CT molecular complexity index is 884. The monoisotopic (exact) mass is 492 g/mol. The molecule has 2 saturated heterocycles. The lowest BCUT2D eigenvalue weighted by Crippen LogP contribution is -2.73. The minimum Gasteiger partial charge on any atom is -0.466 e. The zero-order valence-electron chi connectivity index (χ0n) is 20.4. The van der Waals surface area contributed by atoms with Crippen molar-refractivity contribution in [1.29, 1.82) is 0 Å². The number of esters is 1. The van der Waals surface area contributed by atoms with Gasteiger partial charge in [0.1, 0.15) is 6.17 Å². The van der Waals surface area contributed by atoms with Crippen LogP contribution in [0.1, 0.15) is 51.9 Å². The molecule has 3 heterocycles. The number of morpholine rings is 1. The highest BCUT2D eigenvalue weighted by Crippen LogP contribution is 2.47. The Labute approximate surface area is 205 Å². The predicted molar refractivity (Wildman–Crippen MR) is 125 cm³/mol. The van der Waals surface area contributed by atoms with Crippen LogP contribution in [0.2, 0.25) is 0 Å². The van der Waals surface area contributed by atoms with Gasteiger partial charge in [-0.25, -0.2) is 4.39 Å². The molecule has 5 aliphatic rings. The number of halogens is 1. The Kier molecular flexibility index (Phi) is 7.14. The lowest BCUT2D eigenvalue weighted by atomic mass is 9.69. The number of likely N-dealkylation sites (tertiary alicyclic amines) is 1. The van der Waals surface area contributed by atoms with E-state index in [0.29, 0.717) is 6.54 Å². The fraction of sp³-hybridized carbons (Fsp3) is 0.800. The summed E-state index contributed by atoms with van der Waals surface area (Å²) in [6, 6.07) is -0.622. The van der Waals surface area contributed by atoms with E-state index in [2.05, 4.69) is 15.1 Å². The number of hydrogen-bond donors (Lipinski definition) is 2. The van der Waals surface area contributed by atoms with Crippen molar-refractivity contribution in [3.05, 3.63) is 11.8 Å².